The maximum atomic E-state index is 11.5. The van der Waals surface area contributed by atoms with Crippen molar-refractivity contribution in [2.75, 3.05) is 12.3 Å². The zero-order valence-corrected chi connectivity index (χ0v) is 8.86. The van der Waals surface area contributed by atoms with Crippen molar-refractivity contribution in [3.63, 3.8) is 0 Å². The van der Waals surface area contributed by atoms with E-state index in [2.05, 4.69) is 0 Å². The van der Waals surface area contributed by atoms with Crippen LogP contribution in [0.15, 0.2) is 18.2 Å². The molecule has 4 nitrogen and oxygen atoms in total. The van der Waals surface area contributed by atoms with Gasteiger partial charge in [0.05, 0.1) is 11.7 Å². The van der Waals surface area contributed by atoms with Gasteiger partial charge < -0.3 is 15.6 Å². The summed E-state index contributed by atoms with van der Waals surface area (Å²) in [6.07, 6.45) is -0.650. The van der Waals surface area contributed by atoms with Gasteiger partial charge in [-0.15, -0.1) is 0 Å². The van der Waals surface area contributed by atoms with E-state index < -0.39 is 12.1 Å². The van der Waals surface area contributed by atoms with Gasteiger partial charge in [-0.05, 0) is 37.6 Å². The lowest BCUT2D eigenvalue weighted by atomic mass is 10.1. The summed E-state index contributed by atoms with van der Waals surface area (Å²) in [6.45, 7) is 3.35. The van der Waals surface area contributed by atoms with Gasteiger partial charge in [0.15, 0.2) is 0 Å². The molecule has 0 bridgehead atoms. The Bertz CT molecular complexity index is 361. The SMILES string of the molecule is Cc1cc(N)ccc1C(=O)OCC(C)O. The van der Waals surface area contributed by atoms with Crippen LogP contribution in [-0.2, 0) is 4.74 Å². The fourth-order valence-electron chi connectivity index (χ4n) is 1.19. The van der Waals surface area contributed by atoms with Crippen LogP contribution in [0.3, 0.4) is 0 Å². The lowest BCUT2D eigenvalue weighted by Gasteiger charge is -2.08. The molecule has 0 saturated heterocycles. The topological polar surface area (TPSA) is 72.6 Å². The highest BCUT2D eigenvalue weighted by molar-refractivity contribution is 5.91. The monoisotopic (exact) mass is 209 g/mol. The number of carbonyl (C=O) groups excluding carboxylic acids is 1. The van der Waals surface area contributed by atoms with Crippen LogP contribution in [0.2, 0.25) is 0 Å². The van der Waals surface area contributed by atoms with Gasteiger partial charge in [-0.1, -0.05) is 0 Å². The molecule has 0 amide bonds. The number of aliphatic hydroxyl groups is 1. The van der Waals surface area contributed by atoms with E-state index in [0.717, 1.165) is 5.56 Å². The molecule has 1 aromatic rings. The molecule has 0 heterocycles. The van der Waals surface area contributed by atoms with Gasteiger partial charge in [-0.25, -0.2) is 4.79 Å². The molecule has 3 N–H and O–H groups in total. The molecule has 82 valence electrons. The number of hydrogen-bond donors (Lipinski definition) is 2. The molecule has 1 rings (SSSR count). The van der Waals surface area contributed by atoms with Crippen LogP contribution in [0.5, 0.6) is 0 Å². The summed E-state index contributed by atoms with van der Waals surface area (Å²) in [6, 6.07) is 4.97. The number of nitrogen functional groups attached to an aromatic ring is 1. The number of nitrogens with two attached hydrogens (primary N) is 1. The minimum absolute atomic E-state index is 0.00263. The number of ether oxygens (including phenoxy) is 1. The van der Waals surface area contributed by atoms with Crippen molar-refractivity contribution in [1.82, 2.24) is 0 Å². The van der Waals surface area contributed by atoms with Crippen molar-refractivity contribution >= 4 is 11.7 Å². The lowest BCUT2D eigenvalue weighted by Crippen LogP contribution is -2.16. The van der Waals surface area contributed by atoms with Gasteiger partial charge in [0.2, 0.25) is 0 Å². The van der Waals surface area contributed by atoms with E-state index in [1.54, 1.807) is 32.0 Å². The van der Waals surface area contributed by atoms with Gasteiger partial charge >= 0.3 is 5.97 Å². The van der Waals surface area contributed by atoms with Crippen molar-refractivity contribution in [2.45, 2.75) is 20.0 Å². The highest BCUT2D eigenvalue weighted by atomic mass is 16.5. The highest BCUT2D eigenvalue weighted by Crippen LogP contribution is 2.13. The molecule has 0 radical (unpaired) electrons. The number of aliphatic hydroxyl groups excluding tert-OH is 1. The van der Waals surface area contributed by atoms with E-state index in [-0.39, 0.29) is 6.61 Å². The molecular weight excluding hydrogens is 194 g/mol. The average molecular weight is 209 g/mol. The third kappa shape index (κ3) is 3.25. The number of aryl methyl sites for hydroxylation is 1. The van der Waals surface area contributed by atoms with E-state index in [0.29, 0.717) is 11.3 Å². The predicted octanol–water partition coefficient (Wildman–Crippen LogP) is 1.11. The Morgan fingerprint density at radius 2 is 2.27 bits per heavy atom. The lowest BCUT2D eigenvalue weighted by molar-refractivity contribution is 0.0295. The molecule has 0 aromatic heterocycles. The second-order valence-corrected chi connectivity index (χ2v) is 3.52. The van der Waals surface area contributed by atoms with E-state index in [9.17, 15) is 4.79 Å². The maximum Gasteiger partial charge on any atom is 0.338 e. The summed E-state index contributed by atoms with van der Waals surface area (Å²) >= 11 is 0. The first-order valence-corrected chi connectivity index (χ1v) is 4.72. The molecule has 0 aliphatic heterocycles. The highest BCUT2D eigenvalue weighted by Gasteiger charge is 2.11. The van der Waals surface area contributed by atoms with Crippen LogP contribution in [0.25, 0.3) is 0 Å². The third-order valence-corrected chi connectivity index (χ3v) is 1.93. The summed E-state index contributed by atoms with van der Waals surface area (Å²) in [5, 5.41) is 8.96. The normalized spacial score (nSPS) is 12.2. The Balaban J connectivity index is 2.74. The quantitative estimate of drug-likeness (QED) is 0.578. The van der Waals surface area contributed by atoms with E-state index in [4.69, 9.17) is 15.6 Å². The van der Waals surface area contributed by atoms with Crippen molar-refractivity contribution < 1.29 is 14.6 Å². The first-order chi connectivity index (χ1) is 7.00. The number of benzene rings is 1. The molecule has 1 aromatic carbocycles. The summed E-state index contributed by atoms with van der Waals surface area (Å²) in [5.74, 6) is -0.437. The van der Waals surface area contributed by atoms with Gasteiger partial charge in [0.1, 0.15) is 6.61 Å². The van der Waals surface area contributed by atoms with Crippen LogP contribution in [-0.4, -0.2) is 23.8 Å². The molecule has 0 aliphatic rings. The molecule has 0 saturated carbocycles. The number of anilines is 1. The van der Waals surface area contributed by atoms with E-state index >= 15 is 0 Å². The second-order valence-electron chi connectivity index (χ2n) is 3.52. The fraction of sp³-hybridized carbons (Fsp3) is 0.364. The van der Waals surface area contributed by atoms with E-state index in [1.165, 1.54) is 0 Å². The number of carbonyl (C=O) groups is 1. The van der Waals surface area contributed by atoms with Crippen LogP contribution < -0.4 is 5.73 Å². The number of hydrogen-bond acceptors (Lipinski definition) is 4. The predicted molar refractivity (Wildman–Crippen MR) is 57.6 cm³/mol. The molecule has 1 atom stereocenters. The van der Waals surface area contributed by atoms with Gasteiger partial charge in [0.25, 0.3) is 0 Å². The number of rotatable bonds is 3. The van der Waals surface area contributed by atoms with Gasteiger partial charge in [-0.2, -0.15) is 0 Å². The standard InChI is InChI=1S/C11H15NO3/c1-7-5-9(12)3-4-10(7)11(14)15-6-8(2)13/h3-5,8,13H,6,12H2,1-2H3. The molecule has 1 unspecified atom stereocenters. The molecular formula is C11H15NO3. The summed E-state index contributed by atoms with van der Waals surface area (Å²) in [4.78, 5) is 11.5. The van der Waals surface area contributed by atoms with Crippen LogP contribution in [0.4, 0.5) is 5.69 Å². The fourth-order valence-corrected chi connectivity index (χ4v) is 1.19. The molecule has 0 spiro atoms. The summed E-state index contributed by atoms with van der Waals surface area (Å²) in [7, 11) is 0. The minimum atomic E-state index is -0.650. The van der Waals surface area contributed by atoms with Crippen LogP contribution in [0.1, 0.15) is 22.8 Å². The second kappa shape index (κ2) is 4.79. The zero-order chi connectivity index (χ0) is 11.4. The largest absolute Gasteiger partial charge is 0.459 e. The Morgan fingerprint density at radius 3 is 2.80 bits per heavy atom. The first kappa shape index (κ1) is 11.5. The third-order valence-electron chi connectivity index (χ3n) is 1.93. The Kier molecular flexibility index (Phi) is 3.68. The zero-order valence-electron chi connectivity index (χ0n) is 8.86. The van der Waals surface area contributed by atoms with Crippen LogP contribution in [0, 0.1) is 6.92 Å². The Morgan fingerprint density at radius 1 is 1.60 bits per heavy atom. The van der Waals surface area contributed by atoms with Crippen molar-refractivity contribution in [3.05, 3.63) is 29.3 Å². The van der Waals surface area contributed by atoms with Gasteiger partial charge in [-0.3, -0.25) is 0 Å². The average Bonchev–Trinajstić information content (AvgIpc) is 2.14. The molecule has 0 fully saturated rings. The van der Waals surface area contributed by atoms with Crippen molar-refractivity contribution in [3.8, 4) is 0 Å². The molecule has 4 heteroatoms. The molecule has 0 aliphatic carbocycles. The van der Waals surface area contributed by atoms with Gasteiger partial charge in [0, 0.05) is 5.69 Å². The maximum absolute atomic E-state index is 11.5. The molecule has 15 heavy (non-hydrogen) atoms. The van der Waals surface area contributed by atoms with Crippen LogP contribution >= 0.6 is 0 Å². The first-order valence-electron chi connectivity index (χ1n) is 4.72. The van der Waals surface area contributed by atoms with Crippen molar-refractivity contribution in [2.24, 2.45) is 0 Å². The van der Waals surface area contributed by atoms with Crippen molar-refractivity contribution in [1.29, 1.82) is 0 Å². The Hall–Kier alpha value is -1.55. The summed E-state index contributed by atoms with van der Waals surface area (Å²) < 4.78 is 4.88. The summed E-state index contributed by atoms with van der Waals surface area (Å²) in [5.41, 5.74) is 7.41. The van der Waals surface area contributed by atoms with E-state index in [1.807, 2.05) is 0 Å². The Labute approximate surface area is 88.7 Å². The minimum Gasteiger partial charge on any atom is -0.459 e. The smallest absolute Gasteiger partial charge is 0.338 e. The number of esters is 1.